The van der Waals surface area contributed by atoms with E-state index >= 15 is 0 Å². The van der Waals surface area contributed by atoms with Crippen LogP contribution in [-0.4, -0.2) is 28.7 Å². The highest BCUT2D eigenvalue weighted by molar-refractivity contribution is 9.10. The van der Waals surface area contributed by atoms with Crippen molar-refractivity contribution < 1.29 is 17.9 Å². The van der Waals surface area contributed by atoms with Crippen LogP contribution in [0.15, 0.2) is 77.1 Å². The molecule has 2 aromatic carbocycles. The summed E-state index contributed by atoms with van der Waals surface area (Å²) in [6, 6.07) is 11.5. The molecule has 26 heavy (non-hydrogen) atoms. The lowest BCUT2D eigenvalue weighted by Crippen LogP contribution is -2.31. The molecule has 0 heterocycles. The van der Waals surface area contributed by atoms with Crippen molar-refractivity contribution >= 4 is 31.6 Å². The predicted octanol–water partition coefficient (Wildman–Crippen LogP) is 4.40. The number of hydrogen-bond donors (Lipinski definition) is 0. The molecule has 0 fully saturated rings. The Morgan fingerprint density at radius 1 is 1.12 bits per heavy atom. The van der Waals surface area contributed by atoms with E-state index in [9.17, 15) is 8.42 Å². The van der Waals surface area contributed by atoms with E-state index in [-0.39, 0.29) is 11.4 Å². The Morgan fingerprint density at radius 3 is 2.35 bits per heavy atom. The maximum Gasteiger partial charge on any atom is 0.264 e. The molecule has 0 N–H and O–H groups in total. The molecule has 2 aromatic rings. The molecule has 0 atom stereocenters. The van der Waals surface area contributed by atoms with Crippen molar-refractivity contribution in [3.8, 4) is 11.5 Å². The maximum absolute atomic E-state index is 13.1. The molecule has 138 valence electrons. The number of halogens is 1. The molecule has 0 aliphatic heterocycles. The standard InChI is InChI=1S/C19H20BrNO4S/c1-4-12-21(15-6-8-16(9-7-15)25-13-5-2)26(22,23)17-10-11-19(24-3)18(20)14-17/h4-11,14H,1-2,12-13H2,3H3. The van der Waals surface area contributed by atoms with Crippen molar-refractivity contribution in [2.75, 3.05) is 24.6 Å². The first kappa shape index (κ1) is 20.1. The minimum absolute atomic E-state index is 0.138. The molecule has 5 nitrogen and oxygen atoms in total. The van der Waals surface area contributed by atoms with Gasteiger partial charge in [0, 0.05) is 0 Å². The van der Waals surface area contributed by atoms with Crippen LogP contribution in [0, 0.1) is 0 Å². The molecule has 0 radical (unpaired) electrons. The van der Waals surface area contributed by atoms with Crippen molar-refractivity contribution in [3.05, 3.63) is 72.2 Å². The van der Waals surface area contributed by atoms with Crippen molar-refractivity contribution in [2.24, 2.45) is 0 Å². The predicted molar refractivity (Wildman–Crippen MR) is 108 cm³/mol. The van der Waals surface area contributed by atoms with E-state index < -0.39 is 10.0 Å². The van der Waals surface area contributed by atoms with Crippen molar-refractivity contribution in [3.63, 3.8) is 0 Å². The number of benzene rings is 2. The largest absolute Gasteiger partial charge is 0.496 e. The highest BCUT2D eigenvalue weighted by Crippen LogP contribution is 2.31. The van der Waals surface area contributed by atoms with Gasteiger partial charge in [-0.25, -0.2) is 8.42 Å². The van der Waals surface area contributed by atoms with Crippen molar-refractivity contribution in [2.45, 2.75) is 4.90 Å². The molecule has 0 amide bonds. The minimum atomic E-state index is -3.77. The van der Waals surface area contributed by atoms with Gasteiger partial charge in [-0.2, -0.15) is 0 Å². The molecular formula is C19H20BrNO4S. The summed E-state index contributed by atoms with van der Waals surface area (Å²) in [5, 5.41) is 0. The lowest BCUT2D eigenvalue weighted by Gasteiger charge is -2.23. The third-order valence-corrected chi connectivity index (χ3v) is 5.91. The van der Waals surface area contributed by atoms with Gasteiger partial charge in [-0.15, -0.1) is 6.58 Å². The SMILES string of the molecule is C=CCOc1ccc(N(CC=C)S(=O)(=O)c2ccc(OC)c(Br)c2)cc1. The summed E-state index contributed by atoms with van der Waals surface area (Å²) >= 11 is 3.32. The summed E-state index contributed by atoms with van der Waals surface area (Å²) < 4.78 is 38.6. The third kappa shape index (κ3) is 4.47. The van der Waals surface area contributed by atoms with E-state index in [4.69, 9.17) is 9.47 Å². The van der Waals surface area contributed by atoms with E-state index in [1.54, 1.807) is 36.4 Å². The first-order valence-electron chi connectivity index (χ1n) is 7.75. The highest BCUT2D eigenvalue weighted by Gasteiger charge is 2.25. The molecule has 0 spiro atoms. The Kier molecular flexibility index (Phi) is 6.88. The zero-order valence-corrected chi connectivity index (χ0v) is 16.8. The first-order valence-corrected chi connectivity index (χ1v) is 9.98. The summed E-state index contributed by atoms with van der Waals surface area (Å²) in [6.07, 6.45) is 3.18. The Balaban J connectivity index is 2.39. The average Bonchev–Trinajstić information content (AvgIpc) is 2.64. The van der Waals surface area contributed by atoms with E-state index in [1.807, 2.05) is 0 Å². The van der Waals surface area contributed by atoms with E-state index in [2.05, 4.69) is 29.1 Å². The van der Waals surface area contributed by atoms with Crippen molar-refractivity contribution in [1.29, 1.82) is 0 Å². The maximum atomic E-state index is 13.1. The van der Waals surface area contributed by atoms with Gasteiger partial charge in [0.1, 0.15) is 18.1 Å². The summed E-state index contributed by atoms with van der Waals surface area (Å²) in [4.78, 5) is 0.152. The van der Waals surface area contributed by atoms with E-state index in [0.717, 1.165) is 0 Å². The number of nitrogens with zero attached hydrogens (tertiary/aromatic N) is 1. The second kappa shape index (κ2) is 8.91. The Morgan fingerprint density at radius 2 is 1.81 bits per heavy atom. The summed E-state index contributed by atoms with van der Waals surface area (Å²) in [7, 11) is -2.25. The van der Waals surface area contributed by atoms with E-state index in [1.165, 1.54) is 29.6 Å². The number of ether oxygens (including phenoxy) is 2. The minimum Gasteiger partial charge on any atom is -0.496 e. The van der Waals surface area contributed by atoms with Crippen LogP contribution in [0.4, 0.5) is 5.69 Å². The van der Waals surface area contributed by atoms with Crippen LogP contribution in [0.1, 0.15) is 0 Å². The van der Waals surface area contributed by atoms with Gasteiger partial charge in [-0.05, 0) is 58.4 Å². The lowest BCUT2D eigenvalue weighted by atomic mass is 10.3. The van der Waals surface area contributed by atoms with Crippen LogP contribution in [0.25, 0.3) is 0 Å². The Labute approximate surface area is 162 Å². The number of anilines is 1. The molecular weight excluding hydrogens is 418 g/mol. The van der Waals surface area contributed by atoms with Crippen LogP contribution in [0.2, 0.25) is 0 Å². The normalized spacial score (nSPS) is 10.8. The first-order chi connectivity index (χ1) is 12.4. The monoisotopic (exact) mass is 437 g/mol. The summed E-state index contributed by atoms with van der Waals surface area (Å²) in [6.45, 7) is 7.78. The number of methoxy groups -OCH3 is 1. The zero-order chi connectivity index (χ0) is 19.2. The van der Waals surface area contributed by atoms with Crippen molar-refractivity contribution in [1.82, 2.24) is 0 Å². The lowest BCUT2D eigenvalue weighted by molar-refractivity contribution is 0.363. The van der Waals surface area contributed by atoms with Gasteiger partial charge in [0.05, 0.1) is 28.7 Å². The zero-order valence-electron chi connectivity index (χ0n) is 14.4. The molecule has 0 aromatic heterocycles. The molecule has 0 saturated heterocycles. The molecule has 0 aliphatic rings. The molecule has 0 unspecified atom stereocenters. The van der Waals surface area contributed by atoms with Gasteiger partial charge in [0.2, 0.25) is 0 Å². The van der Waals surface area contributed by atoms with Gasteiger partial charge in [-0.3, -0.25) is 4.31 Å². The average molecular weight is 438 g/mol. The van der Waals surface area contributed by atoms with Gasteiger partial charge in [0.15, 0.2) is 0 Å². The topological polar surface area (TPSA) is 55.8 Å². The quantitative estimate of drug-likeness (QED) is 0.545. The number of hydrogen-bond acceptors (Lipinski definition) is 4. The highest BCUT2D eigenvalue weighted by atomic mass is 79.9. The van der Waals surface area contributed by atoms with Gasteiger partial charge < -0.3 is 9.47 Å². The fraction of sp³-hybridized carbons (Fsp3) is 0.158. The second-order valence-electron chi connectivity index (χ2n) is 5.21. The third-order valence-electron chi connectivity index (χ3n) is 3.50. The fourth-order valence-corrected chi connectivity index (χ4v) is 4.41. The molecule has 0 bridgehead atoms. The summed E-state index contributed by atoms with van der Waals surface area (Å²) in [5.41, 5.74) is 0.516. The van der Waals surface area contributed by atoms with Crippen LogP contribution >= 0.6 is 15.9 Å². The van der Waals surface area contributed by atoms with Crippen LogP contribution in [0.3, 0.4) is 0 Å². The smallest absolute Gasteiger partial charge is 0.264 e. The fourth-order valence-electron chi connectivity index (χ4n) is 2.26. The number of rotatable bonds is 9. The second-order valence-corrected chi connectivity index (χ2v) is 7.93. The molecule has 2 rings (SSSR count). The van der Waals surface area contributed by atoms with E-state index in [0.29, 0.717) is 28.3 Å². The van der Waals surface area contributed by atoms with Crippen LogP contribution in [-0.2, 0) is 10.0 Å². The number of sulfonamides is 1. The Hall–Kier alpha value is -2.25. The Bertz CT molecular complexity index is 879. The van der Waals surface area contributed by atoms with Crippen LogP contribution in [0.5, 0.6) is 11.5 Å². The molecule has 0 saturated carbocycles. The van der Waals surface area contributed by atoms with Crippen LogP contribution < -0.4 is 13.8 Å². The molecule has 7 heteroatoms. The molecule has 0 aliphatic carbocycles. The van der Waals surface area contributed by atoms with Gasteiger partial charge >= 0.3 is 0 Å². The van der Waals surface area contributed by atoms with Gasteiger partial charge in [0.25, 0.3) is 10.0 Å². The van der Waals surface area contributed by atoms with Gasteiger partial charge in [-0.1, -0.05) is 18.7 Å². The summed E-state index contributed by atoms with van der Waals surface area (Å²) in [5.74, 6) is 1.19.